The van der Waals surface area contributed by atoms with E-state index >= 15 is 0 Å². The third-order valence-corrected chi connectivity index (χ3v) is 2.39. The van der Waals surface area contributed by atoms with E-state index in [1.165, 1.54) is 5.01 Å². The third-order valence-electron chi connectivity index (χ3n) is 2.39. The summed E-state index contributed by atoms with van der Waals surface area (Å²) in [5.41, 5.74) is 1.87. The molecule has 4 nitrogen and oxygen atoms in total. The molecule has 1 atom stereocenters. The highest BCUT2D eigenvalue weighted by molar-refractivity contribution is 5.77. The van der Waals surface area contributed by atoms with Gasteiger partial charge in [-0.1, -0.05) is 19.1 Å². The Morgan fingerprint density at radius 3 is 2.80 bits per heavy atom. The average Bonchev–Trinajstić information content (AvgIpc) is 2.27. The first-order valence-corrected chi connectivity index (χ1v) is 4.92. The lowest BCUT2D eigenvalue weighted by atomic mass is 10.1. The summed E-state index contributed by atoms with van der Waals surface area (Å²) >= 11 is 0. The first kappa shape index (κ1) is 11.5. The summed E-state index contributed by atoms with van der Waals surface area (Å²) in [6.45, 7) is 3.60. The number of nitrogens with two attached hydrogens (primary N) is 1. The van der Waals surface area contributed by atoms with Crippen LogP contribution in [0.1, 0.15) is 19.4 Å². The number of anilines is 1. The molecular weight excluding hydrogens is 192 g/mol. The molecule has 0 aliphatic heterocycles. The molecular formula is C11H16N2O2. The standard InChI is InChI=1S/C11H16N2O2/c1-3-9-5-4-6-10(7-9)13(12)8(2)11(14)15/h4-8H,3,12H2,1-2H3,(H,14,15). The van der Waals surface area contributed by atoms with E-state index in [0.717, 1.165) is 17.7 Å². The predicted molar refractivity (Wildman–Crippen MR) is 59.6 cm³/mol. The number of carboxylic acids is 1. The van der Waals surface area contributed by atoms with Crippen LogP contribution >= 0.6 is 0 Å². The van der Waals surface area contributed by atoms with Gasteiger partial charge in [0.15, 0.2) is 0 Å². The van der Waals surface area contributed by atoms with Gasteiger partial charge in [-0.3, -0.25) is 5.01 Å². The fourth-order valence-electron chi connectivity index (χ4n) is 1.28. The zero-order chi connectivity index (χ0) is 11.4. The quantitative estimate of drug-likeness (QED) is 0.580. The number of rotatable bonds is 4. The molecule has 0 heterocycles. The van der Waals surface area contributed by atoms with Gasteiger partial charge in [-0.05, 0) is 31.0 Å². The molecule has 0 saturated carbocycles. The summed E-state index contributed by atoms with van der Waals surface area (Å²) < 4.78 is 0. The van der Waals surface area contributed by atoms with Crippen LogP contribution in [0.5, 0.6) is 0 Å². The molecule has 1 unspecified atom stereocenters. The second-order valence-corrected chi connectivity index (χ2v) is 3.44. The molecule has 1 rings (SSSR count). The van der Waals surface area contributed by atoms with Gasteiger partial charge in [-0.15, -0.1) is 0 Å². The first-order valence-electron chi connectivity index (χ1n) is 4.92. The van der Waals surface area contributed by atoms with E-state index < -0.39 is 12.0 Å². The molecule has 82 valence electrons. The summed E-state index contributed by atoms with van der Waals surface area (Å²) in [7, 11) is 0. The van der Waals surface area contributed by atoms with Crippen LogP contribution < -0.4 is 10.9 Å². The summed E-state index contributed by atoms with van der Waals surface area (Å²) in [6, 6.07) is 6.85. The Kier molecular flexibility index (Phi) is 3.68. The predicted octanol–water partition coefficient (Wildman–Crippen LogP) is 1.40. The van der Waals surface area contributed by atoms with Gasteiger partial charge in [-0.2, -0.15) is 0 Å². The molecule has 0 aliphatic rings. The van der Waals surface area contributed by atoms with Crippen LogP contribution in [0.25, 0.3) is 0 Å². The van der Waals surface area contributed by atoms with Gasteiger partial charge in [0.1, 0.15) is 6.04 Å². The summed E-state index contributed by atoms with van der Waals surface area (Å²) in [6.07, 6.45) is 0.906. The minimum Gasteiger partial charge on any atom is -0.480 e. The Labute approximate surface area is 89.3 Å². The summed E-state index contributed by atoms with van der Waals surface area (Å²) in [5.74, 6) is 4.78. The van der Waals surface area contributed by atoms with Crippen molar-refractivity contribution < 1.29 is 9.90 Å². The van der Waals surface area contributed by atoms with Crippen molar-refractivity contribution in [2.45, 2.75) is 26.3 Å². The summed E-state index contributed by atoms with van der Waals surface area (Å²) in [4.78, 5) is 10.7. The van der Waals surface area contributed by atoms with Gasteiger partial charge in [-0.25, -0.2) is 10.6 Å². The fraction of sp³-hybridized carbons (Fsp3) is 0.364. The molecule has 0 bridgehead atoms. The highest BCUT2D eigenvalue weighted by Gasteiger charge is 2.17. The number of benzene rings is 1. The van der Waals surface area contributed by atoms with E-state index in [1.54, 1.807) is 13.0 Å². The van der Waals surface area contributed by atoms with E-state index in [9.17, 15) is 4.79 Å². The molecule has 0 aliphatic carbocycles. The molecule has 0 radical (unpaired) electrons. The lowest BCUT2D eigenvalue weighted by Gasteiger charge is -2.23. The van der Waals surface area contributed by atoms with Crippen LogP contribution in [0.4, 0.5) is 5.69 Å². The van der Waals surface area contributed by atoms with E-state index in [4.69, 9.17) is 10.9 Å². The maximum absolute atomic E-state index is 10.7. The van der Waals surface area contributed by atoms with Crippen LogP contribution in [0.3, 0.4) is 0 Å². The lowest BCUT2D eigenvalue weighted by Crippen LogP contribution is -2.44. The van der Waals surface area contributed by atoms with Crippen LogP contribution in [0.2, 0.25) is 0 Å². The minimum atomic E-state index is -0.931. The van der Waals surface area contributed by atoms with E-state index in [1.807, 2.05) is 25.1 Å². The Bertz CT molecular complexity index is 352. The number of aryl methyl sites for hydroxylation is 1. The van der Waals surface area contributed by atoms with Gasteiger partial charge < -0.3 is 5.11 Å². The normalized spacial score (nSPS) is 12.2. The first-order chi connectivity index (χ1) is 7.06. The van der Waals surface area contributed by atoms with Gasteiger partial charge in [0, 0.05) is 0 Å². The number of hydrazine groups is 1. The van der Waals surface area contributed by atoms with Crippen molar-refractivity contribution >= 4 is 11.7 Å². The van der Waals surface area contributed by atoms with E-state index in [-0.39, 0.29) is 0 Å². The van der Waals surface area contributed by atoms with Crippen molar-refractivity contribution in [3.05, 3.63) is 29.8 Å². The zero-order valence-corrected chi connectivity index (χ0v) is 8.97. The SMILES string of the molecule is CCc1cccc(N(N)C(C)C(=O)O)c1. The second kappa shape index (κ2) is 4.79. The molecule has 15 heavy (non-hydrogen) atoms. The van der Waals surface area contributed by atoms with Gasteiger partial charge in [0.25, 0.3) is 0 Å². The molecule has 1 aromatic rings. The van der Waals surface area contributed by atoms with Crippen molar-refractivity contribution in [3.8, 4) is 0 Å². The fourth-order valence-corrected chi connectivity index (χ4v) is 1.28. The topological polar surface area (TPSA) is 66.6 Å². The Morgan fingerprint density at radius 2 is 2.27 bits per heavy atom. The lowest BCUT2D eigenvalue weighted by molar-refractivity contribution is -0.138. The summed E-state index contributed by atoms with van der Waals surface area (Å²) in [5, 5.41) is 10.1. The van der Waals surface area contributed by atoms with Crippen LogP contribution in [0.15, 0.2) is 24.3 Å². The molecule has 0 saturated heterocycles. The number of carbonyl (C=O) groups is 1. The molecule has 0 aromatic heterocycles. The maximum atomic E-state index is 10.7. The van der Waals surface area contributed by atoms with Crippen LogP contribution in [-0.4, -0.2) is 17.1 Å². The van der Waals surface area contributed by atoms with Gasteiger partial charge in [0.2, 0.25) is 0 Å². The monoisotopic (exact) mass is 208 g/mol. The Morgan fingerprint density at radius 1 is 1.60 bits per heavy atom. The van der Waals surface area contributed by atoms with Crippen LogP contribution in [0, 0.1) is 0 Å². The average molecular weight is 208 g/mol. The number of nitrogens with zero attached hydrogens (tertiary/aromatic N) is 1. The van der Waals surface area contributed by atoms with Crippen molar-refractivity contribution in [2.24, 2.45) is 5.84 Å². The zero-order valence-electron chi connectivity index (χ0n) is 8.97. The highest BCUT2D eigenvalue weighted by atomic mass is 16.4. The van der Waals surface area contributed by atoms with Crippen molar-refractivity contribution in [1.29, 1.82) is 0 Å². The van der Waals surface area contributed by atoms with E-state index in [0.29, 0.717) is 0 Å². The Hall–Kier alpha value is -1.55. The minimum absolute atomic E-state index is 0.725. The number of hydrogen-bond acceptors (Lipinski definition) is 3. The van der Waals surface area contributed by atoms with E-state index in [2.05, 4.69) is 0 Å². The van der Waals surface area contributed by atoms with Crippen LogP contribution in [-0.2, 0) is 11.2 Å². The number of hydrogen-bond donors (Lipinski definition) is 2. The largest absolute Gasteiger partial charge is 0.480 e. The molecule has 0 spiro atoms. The van der Waals surface area contributed by atoms with Crippen molar-refractivity contribution in [3.63, 3.8) is 0 Å². The van der Waals surface area contributed by atoms with Gasteiger partial charge in [0.05, 0.1) is 5.69 Å². The number of aliphatic carboxylic acids is 1. The van der Waals surface area contributed by atoms with Gasteiger partial charge >= 0.3 is 5.97 Å². The second-order valence-electron chi connectivity index (χ2n) is 3.44. The molecule has 1 aromatic carbocycles. The molecule has 0 amide bonds. The van der Waals surface area contributed by atoms with Crippen molar-refractivity contribution in [2.75, 3.05) is 5.01 Å². The third kappa shape index (κ3) is 2.70. The molecule has 4 heteroatoms. The number of carboxylic acid groups (broad SMARTS) is 1. The highest BCUT2D eigenvalue weighted by Crippen LogP contribution is 2.16. The van der Waals surface area contributed by atoms with Crippen molar-refractivity contribution in [1.82, 2.24) is 0 Å². The molecule has 3 N–H and O–H groups in total. The molecule has 0 fully saturated rings. The Balaban J connectivity index is 2.90. The maximum Gasteiger partial charge on any atom is 0.327 e. The smallest absolute Gasteiger partial charge is 0.327 e.